The summed E-state index contributed by atoms with van der Waals surface area (Å²) in [6, 6.07) is 0.501. The average molecular weight is 393 g/mol. The Balaban J connectivity index is 2.34. The van der Waals surface area contributed by atoms with Crippen LogP contribution in [0.15, 0.2) is 17.0 Å². The third-order valence-electron chi connectivity index (χ3n) is 3.82. The Labute approximate surface area is 149 Å². The van der Waals surface area contributed by atoms with Crippen molar-refractivity contribution >= 4 is 29.0 Å². The Morgan fingerprint density at radius 2 is 1.58 bits per heavy atom. The number of nitro groups is 2. The summed E-state index contributed by atoms with van der Waals surface area (Å²) in [5.41, 5.74) is -3.56. The minimum atomic E-state index is -4.97. The van der Waals surface area contributed by atoms with Gasteiger partial charge in [-0.3, -0.25) is 25.0 Å². The van der Waals surface area contributed by atoms with Crippen LogP contribution in [-0.4, -0.2) is 39.5 Å². The van der Waals surface area contributed by atoms with Crippen LogP contribution in [0, 0.1) is 20.2 Å². The SMILES string of the molecule is O=C(CSc1c([N+](=O)[O-])cc(C(F)(F)F)cc1[N+](=O)[O-])N1CCCCC1. The van der Waals surface area contributed by atoms with E-state index in [9.17, 15) is 38.2 Å². The first kappa shape index (κ1) is 19.9. The van der Waals surface area contributed by atoms with E-state index in [2.05, 4.69) is 0 Å². The average Bonchev–Trinajstić information content (AvgIpc) is 2.58. The van der Waals surface area contributed by atoms with Gasteiger partial charge in [-0.1, -0.05) is 0 Å². The molecule has 1 amide bonds. The van der Waals surface area contributed by atoms with Crippen molar-refractivity contribution in [2.24, 2.45) is 0 Å². The molecule has 1 aromatic carbocycles. The molecule has 1 aromatic rings. The van der Waals surface area contributed by atoms with E-state index >= 15 is 0 Å². The van der Waals surface area contributed by atoms with Crippen LogP contribution in [0.3, 0.4) is 0 Å². The quantitative estimate of drug-likeness (QED) is 0.430. The normalized spacial score (nSPS) is 15.0. The van der Waals surface area contributed by atoms with Crippen molar-refractivity contribution in [2.45, 2.75) is 30.3 Å². The third kappa shape index (κ3) is 4.62. The highest BCUT2D eigenvalue weighted by atomic mass is 32.2. The number of amides is 1. The lowest BCUT2D eigenvalue weighted by Crippen LogP contribution is -2.36. The van der Waals surface area contributed by atoms with Gasteiger partial charge in [-0.25, -0.2) is 0 Å². The first-order valence-corrected chi connectivity index (χ1v) is 8.54. The summed E-state index contributed by atoms with van der Waals surface area (Å²) < 4.78 is 38.6. The van der Waals surface area contributed by atoms with E-state index in [1.165, 1.54) is 4.90 Å². The molecule has 0 spiro atoms. The van der Waals surface area contributed by atoms with Crippen LogP contribution in [0.4, 0.5) is 24.5 Å². The molecule has 1 aliphatic heterocycles. The van der Waals surface area contributed by atoms with Crippen LogP contribution in [0.5, 0.6) is 0 Å². The van der Waals surface area contributed by atoms with Crippen molar-refractivity contribution in [3.05, 3.63) is 37.9 Å². The van der Waals surface area contributed by atoms with E-state index in [1.807, 2.05) is 0 Å². The summed E-state index contributed by atoms with van der Waals surface area (Å²) >= 11 is 0.510. The Hall–Kier alpha value is -2.37. The highest BCUT2D eigenvalue weighted by Gasteiger charge is 2.38. The number of nitro benzene ring substituents is 2. The second-order valence-corrected chi connectivity index (χ2v) is 6.57. The highest BCUT2D eigenvalue weighted by Crippen LogP contribution is 2.42. The number of hydrogen-bond donors (Lipinski definition) is 0. The Kier molecular flexibility index (Phi) is 6.05. The van der Waals surface area contributed by atoms with Gasteiger partial charge >= 0.3 is 6.18 Å². The van der Waals surface area contributed by atoms with Gasteiger partial charge in [0.25, 0.3) is 11.4 Å². The molecule has 0 atom stereocenters. The van der Waals surface area contributed by atoms with Gasteiger partial charge in [-0.05, 0) is 19.3 Å². The number of carbonyl (C=O) groups is 1. The predicted molar refractivity (Wildman–Crippen MR) is 85.9 cm³/mol. The minimum absolute atomic E-state index is 0.251. The topological polar surface area (TPSA) is 107 Å². The van der Waals surface area contributed by atoms with E-state index in [0.29, 0.717) is 24.9 Å². The largest absolute Gasteiger partial charge is 0.416 e. The van der Waals surface area contributed by atoms with Crippen molar-refractivity contribution in [3.8, 4) is 0 Å². The van der Waals surface area contributed by atoms with E-state index < -0.39 is 37.9 Å². The molecule has 0 bridgehead atoms. The van der Waals surface area contributed by atoms with Crippen LogP contribution in [0.25, 0.3) is 0 Å². The maximum atomic E-state index is 12.9. The lowest BCUT2D eigenvalue weighted by Gasteiger charge is -2.26. The molecule has 2 rings (SSSR count). The smallest absolute Gasteiger partial charge is 0.342 e. The predicted octanol–water partition coefficient (Wildman–Crippen LogP) is 3.63. The van der Waals surface area contributed by atoms with Crippen LogP contribution < -0.4 is 0 Å². The lowest BCUT2D eigenvalue weighted by atomic mass is 10.1. The first-order chi connectivity index (χ1) is 12.1. The van der Waals surface area contributed by atoms with Gasteiger partial charge in [0.05, 0.1) is 21.2 Å². The number of alkyl halides is 3. The van der Waals surface area contributed by atoms with Crippen molar-refractivity contribution < 1.29 is 27.8 Å². The number of carbonyl (C=O) groups excluding carboxylic acids is 1. The maximum absolute atomic E-state index is 12.9. The summed E-state index contributed by atoms with van der Waals surface area (Å²) in [5, 5.41) is 22.3. The molecule has 8 nitrogen and oxygen atoms in total. The maximum Gasteiger partial charge on any atom is 0.416 e. The zero-order chi connectivity index (χ0) is 19.5. The monoisotopic (exact) mass is 393 g/mol. The molecule has 0 radical (unpaired) electrons. The molecule has 0 N–H and O–H groups in total. The second kappa shape index (κ2) is 7.89. The number of hydrogen-bond acceptors (Lipinski definition) is 6. The Morgan fingerprint density at radius 3 is 2.00 bits per heavy atom. The molecule has 0 saturated carbocycles. The summed E-state index contributed by atoms with van der Waals surface area (Å²) in [6.07, 6.45) is -2.36. The minimum Gasteiger partial charge on any atom is -0.342 e. The summed E-state index contributed by atoms with van der Waals surface area (Å²) in [4.78, 5) is 33.2. The molecule has 12 heteroatoms. The van der Waals surface area contributed by atoms with E-state index in [0.717, 1.165) is 19.3 Å². The molecule has 1 heterocycles. The third-order valence-corrected chi connectivity index (χ3v) is 4.92. The first-order valence-electron chi connectivity index (χ1n) is 7.56. The Bertz CT molecular complexity index is 700. The fourth-order valence-electron chi connectivity index (χ4n) is 2.55. The standard InChI is InChI=1S/C14H14F3N3O5S/c15-14(16,17)9-6-10(19(22)23)13(11(7-9)20(24)25)26-8-12(21)18-4-2-1-3-5-18/h6-7H,1-5,8H2. The second-order valence-electron chi connectivity index (χ2n) is 5.59. The summed E-state index contributed by atoms with van der Waals surface area (Å²) in [5.74, 6) is -0.689. The van der Waals surface area contributed by atoms with Gasteiger partial charge in [-0.2, -0.15) is 13.2 Å². The number of nitrogens with zero attached hydrogens (tertiary/aromatic N) is 3. The highest BCUT2D eigenvalue weighted by molar-refractivity contribution is 8.00. The molecule has 1 fully saturated rings. The van der Waals surface area contributed by atoms with Crippen LogP contribution in [0.1, 0.15) is 24.8 Å². The number of piperidine rings is 1. The van der Waals surface area contributed by atoms with Gasteiger partial charge in [0.2, 0.25) is 5.91 Å². The lowest BCUT2D eigenvalue weighted by molar-refractivity contribution is -0.400. The molecule has 26 heavy (non-hydrogen) atoms. The van der Waals surface area contributed by atoms with Gasteiger partial charge in [0.15, 0.2) is 4.90 Å². The van der Waals surface area contributed by atoms with Crippen molar-refractivity contribution in [1.29, 1.82) is 0 Å². The van der Waals surface area contributed by atoms with Crippen LogP contribution >= 0.6 is 11.8 Å². The van der Waals surface area contributed by atoms with E-state index in [-0.39, 0.29) is 23.8 Å². The molecule has 1 saturated heterocycles. The van der Waals surface area contributed by atoms with Crippen LogP contribution in [0.2, 0.25) is 0 Å². The number of benzene rings is 1. The summed E-state index contributed by atoms with van der Waals surface area (Å²) in [6.45, 7) is 1.05. The molecular formula is C14H14F3N3O5S. The number of halogens is 3. The summed E-state index contributed by atoms with van der Waals surface area (Å²) in [7, 11) is 0. The fraction of sp³-hybridized carbons (Fsp3) is 0.500. The Morgan fingerprint density at radius 1 is 1.08 bits per heavy atom. The van der Waals surface area contributed by atoms with E-state index in [1.54, 1.807) is 0 Å². The molecular weight excluding hydrogens is 379 g/mol. The van der Waals surface area contributed by atoms with Gasteiger partial charge in [0, 0.05) is 25.2 Å². The molecule has 1 aliphatic rings. The molecule has 0 aromatic heterocycles. The van der Waals surface area contributed by atoms with Crippen molar-refractivity contribution in [3.63, 3.8) is 0 Å². The fourth-order valence-corrected chi connectivity index (χ4v) is 3.56. The number of rotatable bonds is 5. The molecule has 0 aliphatic carbocycles. The number of thioether (sulfide) groups is 1. The van der Waals surface area contributed by atoms with Gasteiger partial charge in [0.1, 0.15) is 0 Å². The molecule has 0 unspecified atom stereocenters. The molecule has 142 valence electrons. The van der Waals surface area contributed by atoms with Gasteiger partial charge in [-0.15, -0.1) is 11.8 Å². The van der Waals surface area contributed by atoms with Crippen LogP contribution in [-0.2, 0) is 11.0 Å². The zero-order valence-electron chi connectivity index (χ0n) is 13.3. The zero-order valence-corrected chi connectivity index (χ0v) is 14.1. The van der Waals surface area contributed by atoms with Crippen molar-refractivity contribution in [1.82, 2.24) is 4.90 Å². The number of likely N-dealkylation sites (tertiary alicyclic amines) is 1. The van der Waals surface area contributed by atoms with Gasteiger partial charge < -0.3 is 4.90 Å². The van der Waals surface area contributed by atoms with Crippen molar-refractivity contribution in [2.75, 3.05) is 18.8 Å². The van der Waals surface area contributed by atoms with E-state index in [4.69, 9.17) is 0 Å².